The van der Waals surface area contributed by atoms with Crippen LogP contribution in [0, 0.1) is 11.8 Å². The van der Waals surface area contributed by atoms with Gasteiger partial charge in [-0.25, -0.2) is 4.98 Å². The first kappa shape index (κ1) is 22.2. The molecule has 6 nitrogen and oxygen atoms in total. The average Bonchev–Trinajstić information content (AvgIpc) is 3.46. The number of aromatic nitrogens is 1. The molecule has 2 aliphatic rings. The van der Waals surface area contributed by atoms with Crippen molar-refractivity contribution in [2.24, 2.45) is 11.8 Å². The number of nitrogens with one attached hydrogen (secondary N) is 2. The van der Waals surface area contributed by atoms with Gasteiger partial charge in [-0.15, -0.1) is 11.3 Å². The highest BCUT2D eigenvalue weighted by Crippen LogP contribution is 2.43. The molecule has 0 bridgehead atoms. The fourth-order valence-electron chi connectivity index (χ4n) is 5.10. The number of ether oxygens (including phenoxy) is 1. The van der Waals surface area contributed by atoms with E-state index in [1.165, 1.54) is 24.2 Å². The number of rotatable bonds is 8. The summed E-state index contributed by atoms with van der Waals surface area (Å²) in [5, 5.41) is 7.30. The Morgan fingerprint density at radius 2 is 1.90 bits per heavy atom. The van der Waals surface area contributed by atoms with Crippen LogP contribution in [-0.2, 0) is 9.53 Å². The molecule has 2 heterocycles. The molecule has 2 amide bonds. The summed E-state index contributed by atoms with van der Waals surface area (Å²) >= 11 is 1.49. The molecule has 7 heteroatoms. The molecule has 2 aromatic rings. The molecule has 2 aliphatic carbocycles. The first-order chi connectivity index (χ1) is 15.2. The van der Waals surface area contributed by atoms with Gasteiger partial charge >= 0.3 is 0 Å². The Morgan fingerprint density at radius 1 is 1.13 bits per heavy atom. The highest BCUT2D eigenvalue weighted by molar-refractivity contribution is 7.20. The maximum Gasteiger partial charge on any atom is 0.261 e. The van der Waals surface area contributed by atoms with E-state index in [1.54, 1.807) is 13.3 Å². The van der Waals surface area contributed by atoms with Crippen LogP contribution in [0.15, 0.2) is 18.3 Å². The molecule has 168 valence electrons. The minimum atomic E-state index is -0.0269. The number of carbonyl (C=O) groups excluding carboxylic acids is 2. The summed E-state index contributed by atoms with van der Waals surface area (Å²) in [5.41, 5.74) is 1.16. The molecule has 2 saturated carbocycles. The average molecular weight is 444 g/mol. The van der Waals surface area contributed by atoms with Gasteiger partial charge in [0.1, 0.15) is 4.83 Å². The first-order valence-corrected chi connectivity index (χ1v) is 12.4. The van der Waals surface area contributed by atoms with Crippen LogP contribution in [0.1, 0.15) is 72.5 Å². The Balaban J connectivity index is 1.40. The maximum absolute atomic E-state index is 12.9. The number of fused-ring (bicyclic) bond motifs is 1. The lowest BCUT2D eigenvalue weighted by Gasteiger charge is -2.29. The Morgan fingerprint density at radius 3 is 2.65 bits per heavy atom. The molecular weight excluding hydrogens is 410 g/mol. The molecule has 2 aromatic heterocycles. The van der Waals surface area contributed by atoms with Crippen molar-refractivity contribution >= 4 is 33.4 Å². The van der Waals surface area contributed by atoms with Crippen LogP contribution in [0.3, 0.4) is 0 Å². The lowest BCUT2D eigenvalue weighted by atomic mass is 9.78. The zero-order chi connectivity index (χ0) is 21.6. The molecule has 0 saturated heterocycles. The van der Waals surface area contributed by atoms with E-state index in [4.69, 9.17) is 4.74 Å². The summed E-state index contributed by atoms with van der Waals surface area (Å²) in [5.74, 6) is 1.36. The van der Waals surface area contributed by atoms with Crippen molar-refractivity contribution in [3.8, 4) is 0 Å². The molecule has 0 aromatic carbocycles. The smallest absolute Gasteiger partial charge is 0.261 e. The van der Waals surface area contributed by atoms with Gasteiger partial charge in [0, 0.05) is 37.7 Å². The van der Waals surface area contributed by atoms with Crippen molar-refractivity contribution in [2.45, 2.75) is 57.3 Å². The summed E-state index contributed by atoms with van der Waals surface area (Å²) in [7, 11) is 1.63. The summed E-state index contributed by atoms with van der Waals surface area (Å²) in [6.45, 7) is 1.80. The van der Waals surface area contributed by atoms with E-state index in [-0.39, 0.29) is 17.7 Å². The van der Waals surface area contributed by atoms with Crippen LogP contribution in [0.2, 0.25) is 0 Å². The highest BCUT2D eigenvalue weighted by atomic mass is 32.1. The van der Waals surface area contributed by atoms with E-state index in [0.29, 0.717) is 25.0 Å². The quantitative estimate of drug-likeness (QED) is 0.598. The third-order valence-electron chi connectivity index (χ3n) is 6.85. The van der Waals surface area contributed by atoms with Crippen molar-refractivity contribution in [1.29, 1.82) is 0 Å². The Kier molecular flexibility index (Phi) is 7.56. The molecule has 4 rings (SSSR count). The van der Waals surface area contributed by atoms with Gasteiger partial charge in [-0.2, -0.15) is 0 Å². The fourth-order valence-corrected chi connectivity index (χ4v) is 6.25. The number of amides is 2. The molecule has 0 spiro atoms. The first-order valence-electron chi connectivity index (χ1n) is 11.6. The van der Waals surface area contributed by atoms with Gasteiger partial charge < -0.3 is 15.4 Å². The maximum atomic E-state index is 12.9. The normalized spacial score (nSPS) is 22.0. The molecule has 0 aliphatic heterocycles. The van der Waals surface area contributed by atoms with E-state index < -0.39 is 0 Å². The number of carbonyl (C=O) groups is 2. The van der Waals surface area contributed by atoms with Gasteiger partial charge in [-0.05, 0) is 62.0 Å². The highest BCUT2D eigenvalue weighted by Gasteiger charge is 2.30. The third kappa shape index (κ3) is 5.26. The molecule has 0 radical (unpaired) electrons. The number of pyridine rings is 1. The van der Waals surface area contributed by atoms with Gasteiger partial charge in [-0.3, -0.25) is 9.59 Å². The third-order valence-corrected chi connectivity index (χ3v) is 7.98. The van der Waals surface area contributed by atoms with Crippen LogP contribution in [0.4, 0.5) is 0 Å². The molecule has 2 N–H and O–H groups in total. The lowest BCUT2D eigenvalue weighted by Crippen LogP contribution is -2.34. The lowest BCUT2D eigenvalue weighted by molar-refractivity contribution is -0.125. The number of hydrogen-bond donors (Lipinski definition) is 2. The topological polar surface area (TPSA) is 80.3 Å². The summed E-state index contributed by atoms with van der Waals surface area (Å²) in [6.07, 6.45) is 10.5. The summed E-state index contributed by atoms with van der Waals surface area (Å²) in [6, 6.07) is 4.04. The van der Waals surface area contributed by atoms with Crippen molar-refractivity contribution in [1.82, 2.24) is 15.6 Å². The molecule has 0 atom stereocenters. The Bertz CT molecular complexity index is 899. The van der Waals surface area contributed by atoms with E-state index >= 15 is 0 Å². The van der Waals surface area contributed by atoms with E-state index in [0.717, 1.165) is 65.7 Å². The molecule has 31 heavy (non-hydrogen) atoms. The van der Waals surface area contributed by atoms with Gasteiger partial charge in [0.05, 0.1) is 11.5 Å². The number of thiophene rings is 1. The fraction of sp³-hybridized carbons (Fsp3) is 0.625. The van der Waals surface area contributed by atoms with Gasteiger partial charge in [-0.1, -0.05) is 18.9 Å². The number of hydrogen-bond acceptors (Lipinski definition) is 5. The van der Waals surface area contributed by atoms with Crippen LogP contribution in [0.25, 0.3) is 10.2 Å². The van der Waals surface area contributed by atoms with Crippen molar-refractivity contribution in [3.05, 3.63) is 28.8 Å². The zero-order valence-electron chi connectivity index (χ0n) is 18.3. The van der Waals surface area contributed by atoms with Gasteiger partial charge in [0.25, 0.3) is 5.91 Å². The SMILES string of the molecule is COCCNC(=O)c1sc2ncccc2c1C1CCC(CNC(=O)C2CCCC2)CC1. The second-order valence-corrected chi connectivity index (χ2v) is 9.89. The second-order valence-electron chi connectivity index (χ2n) is 8.89. The predicted molar refractivity (Wildman–Crippen MR) is 123 cm³/mol. The minimum absolute atomic E-state index is 0.0269. The number of nitrogens with zero attached hydrogens (tertiary/aromatic N) is 1. The monoisotopic (exact) mass is 443 g/mol. The predicted octanol–water partition coefficient (Wildman–Crippen LogP) is 4.25. The van der Waals surface area contributed by atoms with Crippen molar-refractivity contribution < 1.29 is 14.3 Å². The zero-order valence-corrected chi connectivity index (χ0v) is 19.1. The van der Waals surface area contributed by atoms with E-state index in [9.17, 15) is 9.59 Å². The summed E-state index contributed by atoms with van der Waals surface area (Å²) < 4.78 is 5.06. The second kappa shape index (κ2) is 10.6. The Hall–Kier alpha value is -1.99. The van der Waals surface area contributed by atoms with Crippen molar-refractivity contribution in [3.63, 3.8) is 0 Å². The Labute approximate surface area is 188 Å². The van der Waals surface area contributed by atoms with Crippen LogP contribution < -0.4 is 10.6 Å². The van der Waals surface area contributed by atoms with Gasteiger partial charge in [0.2, 0.25) is 5.91 Å². The van der Waals surface area contributed by atoms with Crippen molar-refractivity contribution in [2.75, 3.05) is 26.8 Å². The summed E-state index contributed by atoms with van der Waals surface area (Å²) in [4.78, 5) is 31.5. The van der Waals surface area contributed by atoms with E-state index in [2.05, 4.69) is 21.7 Å². The molecule has 2 fully saturated rings. The standard InChI is InChI=1S/C24H33N3O3S/c1-30-14-13-25-23(29)21-20(19-7-4-12-26-24(19)31-21)17-10-8-16(9-11-17)15-27-22(28)18-5-2-3-6-18/h4,7,12,16-18H,2-3,5-6,8-11,13-15H2,1H3,(H,25,29)(H,27,28). The number of methoxy groups -OCH3 is 1. The van der Waals surface area contributed by atoms with E-state index in [1.807, 2.05) is 6.07 Å². The molecular formula is C24H33N3O3S. The van der Waals surface area contributed by atoms with Crippen LogP contribution >= 0.6 is 11.3 Å². The van der Waals surface area contributed by atoms with Crippen LogP contribution in [-0.4, -0.2) is 43.6 Å². The molecule has 0 unspecified atom stereocenters. The van der Waals surface area contributed by atoms with Gasteiger partial charge in [0.15, 0.2) is 0 Å². The van der Waals surface area contributed by atoms with Crippen LogP contribution in [0.5, 0.6) is 0 Å². The minimum Gasteiger partial charge on any atom is -0.383 e. The largest absolute Gasteiger partial charge is 0.383 e.